The number of fused-ring (bicyclic) bond motifs is 1. The third-order valence-electron chi connectivity index (χ3n) is 6.11. The molecule has 1 fully saturated rings. The first-order valence-corrected chi connectivity index (χ1v) is 12.3. The van der Waals surface area contributed by atoms with Crippen molar-refractivity contribution in [3.8, 4) is 5.69 Å². The molecule has 0 aliphatic carbocycles. The number of rotatable bonds is 8. The van der Waals surface area contributed by atoms with Gasteiger partial charge in [0.2, 0.25) is 0 Å². The summed E-state index contributed by atoms with van der Waals surface area (Å²) in [6.07, 6.45) is 7.15. The molecule has 2 aromatic carbocycles. The van der Waals surface area contributed by atoms with Crippen LogP contribution in [0.1, 0.15) is 16.7 Å². The molecule has 0 N–H and O–H groups in total. The van der Waals surface area contributed by atoms with Crippen LogP contribution < -0.4 is 4.90 Å². The second-order valence-electron chi connectivity index (χ2n) is 8.37. The van der Waals surface area contributed by atoms with Crippen LogP contribution in [0.15, 0.2) is 77.0 Å². The summed E-state index contributed by atoms with van der Waals surface area (Å²) in [6, 6.07) is 16.7. The van der Waals surface area contributed by atoms with Crippen LogP contribution in [0.4, 0.5) is 10.5 Å². The van der Waals surface area contributed by atoms with Gasteiger partial charge in [0.15, 0.2) is 0 Å². The molecule has 0 saturated carbocycles. The van der Waals surface area contributed by atoms with Gasteiger partial charge in [-0.1, -0.05) is 18.2 Å². The number of ether oxygens (including phenoxy) is 1. The first-order chi connectivity index (χ1) is 16.7. The minimum Gasteiger partial charge on any atom is -0.447 e. The third kappa shape index (κ3) is 5.08. The highest BCUT2D eigenvalue weighted by molar-refractivity contribution is 8.03. The van der Waals surface area contributed by atoms with E-state index < -0.39 is 0 Å². The number of hydrogen-bond acceptors (Lipinski definition) is 6. The molecule has 3 heterocycles. The minimum absolute atomic E-state index is 0.257. The number of thioether (sulfide) groups is 1. The van der Waals surface area contributed by atoms with E-state index in [0.29, 0.717) is 13.2 Å². The SMILES string of the molecule is C=N/C=C(/Cc1ccc(-n2cccn2)cc1)SCN1CCc2ccc(N3CCOC3=O)cc2C1. The van der Waals surface area contributed by atoms with Crippen LogP contribution in [0.25, 0.3) is 5.69 Å². The second-order valence-corrected chi connectivity index (χ2v) is 9.44. The minimum atomic E-state index is -0.257. The molecule has 1 saturated heterocycles. The average Bonchev–Trinajstić information content (AvgIpc) is 3.55. The van der Waals surface area contributed by atoms with Crippen molar-refractivity contribution in [1.82, 2.24) is 14.7 Å². The summed E-state index contributed by atoms with van der Waals surface area (Å²) in [5, 5.41) is 4.28. The average molecular weight is 474 g/mol. The molecule has 8 heteroatoms. The molecule has 3 aromatic rings. The standard InChI is InChI=1S/C26H27N5O2S/c1-27-17-25(15-20-3-6-23(7-4-20)31-11-2-10-28-31)34-19-29-12-9-21-5-8-24(16-22(21)18-29)30-13-14-33-26(30)32/h2-8,10-11,16-17H,1,9,12-15,18-19H2/b25-17-. The monoisotopic (exact) mass is 473 g/mol. The van der Waals surface area contributed by atoms with E-state index in [9.17, 15) is 4.79 Å². The van der Waals surface area contributed by atoms with E-state index in [1.54, 1.807) is 22.9 Å². The van der Waals surface area contributed by atoms with Gasteiger partial charge in [-0.15, -0.1) is 11.8 Å². The Morgan fingerprint density at radius 2 is 2.00 bits per heavy atom. The highest BCUT2D eigenvalue weighted by atomic mass is 32.2. The summed E-state index contributed by atoms with van der Waals surface area (Å²) in [5.41, 5.74) is 5.83. The van der Waals surface area contributed by atoms with Crippen molar-refractivity contribution in [3.05, 3.63) is 88.7 Å². The normalized spacial score (nSPS) is 16.4. The van der Waals surface area contributed by atoms with Crippen LogP contribution in [0.2, 0.25) is 0 Å². The summed E-state index contributed by atoms with van der Waals surface area (Å²) in [4.78, 5) is 21.3. The maximum absolute atomic E-state index is 11.9. The number of benzene rings is 2. The first kappa shape index (κ1) is 22.4. The molecule has 1 amide bonds. The van der Waals surface area contributed by atoms with Crippen molar-refractivity contribution in [2.45, 2.75) is 19.4 Å². The van der Waals surface area contributed by atoms with Gasteiger partial charge in [0.25, 0.3) is 0 Å². The van der Waals surface area contributed by atoms with Gasteiger partial charge in [0.05, 0.1) is 12.2 Å². The van der Waals surface area contributed by atoms with Crippen LogP contribution >= 0.6 is 11.8 Å². The van der Waals surface area contributed by atoms with E-state index in [1.165, 1.54) is 21.6 Å². The van der Waals surface area contributed by atoms with Crippen molar-refractivity contribution >= 4 is 30.3 Å². The molecule has 1 aromatic heterocycles. The van der Waals surface area contributed by atoms with E-state index in [2.05, 4.69) is 58.1 Å². The topological polar surface area (TPSA) is 63.0 Å². The number of carbonyl (C=O) groups excluding carboxylic acids is 1. The number of anilines is 1. The Morgan fingerprint density at radius 3 is 2.74 bits per heavy atom. The number of aliphatic imine (C=N–C) groups is 1. The fraction of sp³-hybridized carbons (Fsp3) is 0.269. The smallest absolute Gasteiger partial charge is 0.414 e. The Kier molecular flexibility index (Phi) is 6.78. The predicted octanol–water partition coefficient (Wildman–Crippen LogP) is 4.66. The molecule has 7 nitrogen and oxygen atoms in total. The fourth-order valence-electron chi connectivity index (χ4n) is 4.31. The number of allylic oxidation sites excluding steroid dienone is 1. The van der Waals surface area contributed by atoms with Crippen LogP contribution in [0.5, 0.6) is 0 Å². The van der Waals surface area contributed by atoms with E-state index in [0.717, 1.165) is 43.2 Å². The van der Waals surface area contributed by atoms with E-state index >= 15 is 0 Å². The number of amides is 1. The lowest BCUT2D eigenvalue weighted by Gasteiger charge is -2.29. The summed E-state index contributed by atoms with van der Waals surface area (Å²) in [7, 11) is 0. The van der Waals surface area contributed by atoms with Crippen molar-refractivity contribution in [1.29, 1.82) is 0 Å². The van der Waals surface area contributed by atoms with Crippen molar-refractivity contribution in [2.75, 3.05) is 30.5 Å². The van der Waals surface area contributed by atoms with E-state index in [1.807, 2.05) is 29.2 Å². The van der Waals surface area contributed by atoms with Crippen LogP contribution in [-0.4, -0.2) is 53.1 Å². The van der Waals surface area contributed by atoms with Gasteiger partial charge in [0, 0.05) is 54.6 Å². The van der Waals surface area contributed by atoms with Gasteiger partial charge in [-0.25, -0.2) is 9.48 Å². The first-order valence-electron chi connectivity index (χ1n) is 11.3. The molecule has 0 spiro atoms. The van der Waals surface area contributed by atoms with E-state index in [-0.39, 0.29) is 6.09 Å². The number of nitrogens with zero attached hydrogens (tertiary/aromatic N) is 5. The number of aromatic nitrogens is 2. The Balaban J connectivity index is 1.20. The van der Waals surface area contributed by atoms with Gasteiger partial charge in [-0.3, -0.25) is 14.8 Å². The number of carbonyl (C=O) groups is 1. The second kappa shape index (κ2) is 10.3. The lowest BCUT2D eigenvalue weighted by Crippen LogP contribution is -2.31. The Labute approximate surface area is 203 Å². The highest BCUT2D eigenvalue weighted by Gasteiger charge is 2.25. The molecule has 0 atom stereocenters. The Morgan fingerprint density at radius 1 is 1.15 bits per heavy atom. The van der Waals surface area contributed by atoms with Crippen molar-refractivity contribution < 1.29 is 9.53 Å². The molecule has 0 bridgehead atoms. The quantitative estimate of drug-likeness (QED) is 0.445. The molecular formula is C26H27N5O2S. The summed E-state index contributed by atoms with van der Waals surface area (Å²) >= 11 is 1.81. The third-order valence-corrected chi connectivity index (χ3v) is 7.22. The zero-order valence-electron chi connectivity index (χ0n) is 19.0. The summed E-state index contributed by atoms with van der Waals surface area (Å²) in [5.74, 6) is 0.877. The molecule has 5 rings (SSSR count). The molecule has 34 heavy (non-hydrogen) atoms. The molecule has 0 unspecified atom stereocenters. The van der Waals surface area contributed by atoms with Crippen molar-refractivity contribution in [3.63, 3.8) is 0 Å². The van der Waals surface area contributed by atoms with Gasteiger partial charge in [0.1, 0.15) is 6.61 Å². The van der Waals surface area contributed by atoms with Gasteiger partial charge >= 0.3 is 6.09 Å². The zero-order valence-corrected chi connectivity index (χ0v) is 19.8. The lowest BCUT2D eigenvalue weighted by molar-refractivity contribution is 0.181. The predicted molar refractivity (Wildman–Crippen MR) is 137 cm³/mol. The van der Waals surface area contributed by atoms with E-state index in [4.69, 9.17) is 4.74 Å². The van der Waals surface area contributed by atoms with Gasteiger partial charge in [-0.2, -0.15) is 5.10 Å². The molecule has 2 aliphatic rings. The maximum Gasteiger partial charge on any atom is 0.414 e. The lowest BCUT2D eigenvalue weighted by atomic mass is 9.99. The largest absolute Gasteiger partial charge is 0.447 e. The Bertz CT molecular complexity index is 1190. The fourth-order valence-corrected chi connectivity index (χ4v) is 5.29. The van der Waals surface area contributed by atoms with Crippen molar-refractivity contribution in [2.24, 2.45) is 4.99 Å². The highest BCUT2D eigenvalue weighted by Crippen LogP contribution is 2.29. The van der Waals surface area contributed by atoms with Gasteiger partial charge in [-0.05, 0) is 60.2 Å². The summed E-state index contributed by atoms with van der Waals surface area (Å²) < 4.78 is 6.95. The van der Waals surface area contributed by atoms with Crippen LogP contribution in [-0.2, 0) is 24.1 Å². The molecule has 2 aliphatic heterocycles. The Hall–Kier alpha value is -3.36. The molecule has 174 valence electrons. The number of cyclic esters (lactones) is 1. The van der Waals surface area contributed by atoms with Crippen LogP contribution in [0, 0.1) is 0 Å². The summed E-state index contributed by atoms with van der Waals surface area (Å²) in [6.45, 7) is 6.61. The number of hydrogen-bond donors (Lipinski definition) is 0. The van der Waals surface area contributed by atoms with Gasteiger partial charge < -0.3 is 4.74 Å². The molecular weight excluding hydrogens is 446 g/mol. The zero-order chi connectivity index (χ0) is 23.3. The maximum atomic E-state index is 11.9. The van der Waals surface area contributed by atoms with Crippen LogP contribution in [0.3, 0.4) is 0 Å². The molecule has 0 radical (unpaired) electrons.